The van der Waals surface area contributed by atoms with Gasteiger partial charge in [0.05, 0.1) is 6.04 Å². The normalized spacial score (nSPS) is 12.3. The number of benzene rings is 1. The Hall–Kier alpha value is -1.94. The molecule has 0 aliphatic carbocycles. The van der Waals surface area contributed by atoms with Gasteiger partial charge in [-0.15, -0.1) is 0 Å². The Labute approximate surface area is 113 Å². The third-order valence-electron chi connectivity index (χ3n) is 3.30. The summed E-state index contributed by atoms with van der Waals surface area (Å²) >= 11 is 0. The number of nitrogens with one attached hydrogen (secondary N) is 1. The molecule has 0 fully saturated rings. The highest BCUT2D eigenvalue weighted by Crippen LogP contribution is 2.15. The minimum atomic E-state index is -0.215. The Kier molecular flexibility index (Phi) is 4.47. The van der Waals surface area contributed by atoms with Crippen LogP contribution in [0, 0.1) is 0 Å². The summed E-state index contributed by atoms with van der Waals surface area (Å²) in [6, 6.07) is 10.4. The molecule has 19 heavy (non-hydrogen) atoms. The number of aromatic nitrogens is 2. The molecule has 0 amide bonds. The number of rotatable bonds is 5. The first-order valence-electron chi connectivity index (χ1n) is 6.52. The SMILES string of the molecule is CCc1ccc(C(Cn2cccnc2=O)NC)cc1. The molecule has 1 aromatic carbocycles. The van der Waals surface area contributed by atoms with Crippen molar-refractivity contribution in [2.24, 2.45) is 0 Å². The molecule has 1 aromatic heterocycles. The summed E-state index contributed by atoms with van der Waals surface area (Å²) in [7, 11) is 1.90. The van der Waals surface area contributed by atoms with E-state index in [1.807, 2.05) is 7.05 Å². The summed E-state index contributed by atoms with van der Waals surface area (Å²) in [5.41, 5.74) is 2.28. The third kappa shape index (κ3) is 3.29. The van der Waals surface area contributed by atoms with E-state index in [1.165, 1.54) is 17.3 Å². The molecule has 2 aromatic rings. The highest BCUT2D eigenvalue weighted by atomic mass is 16.1. The molecule has 1 unspecified atom stereocenters. The van der Waals surface area contributed by atoms with Crippen LogP contribution in [0.5, 0.6) is 0 Å². The number of hydrogen-bond acceptors (Lipinski definition) is 3. The molecule has 4 heteroatoms. The summed E-state index contributed by atoms with van der Waals surface area (Å²) in [6.45, 7) is 2.72. The topological polar surface area (TPSA) is 46.9 Å². The van der Waals surface area contributed by atoms with E-state index < -0.39 is 0 Å². The zero-order chi connectivity index (χ0) is 13.7. The standard InChI is InChI=1S/C15H19N3O/c1-3-12-5-7-13(8-6-12)14(16-2)11-18-10-4-9-17-15(18)19/h4-10,14,16H,3,11H2,1-2H3. The minimum absolute atomic E-state index is 0.104. The minimum Gasteiger partial charge on any atom is -0.312 e. The van der Waals surface area contributed by atoms with Crippen molar-refractivity contribution in [3.05, 3.63) is 64.3 Å². The van der Waals surface area contributed by atoms with E-state index in [0.717, 1.165) is 6.42 Å². The maximum absolute atomic E-state index is 11.6. The van der Waals surface area contributed by atoms with Crippen LogP contribution < -0.4 is 11.0 Å². The number of hydrogen-bond donors (Lipinski definition) is 1. The zero-order valence-corrected chi connectivity index (χ0v) is 11.3. The van der Waals surface area contributed by atoms with E-state index >= 15 is 0 Å². The van der Waals surface area contributed by atoms with Crippen molar-refractivity contribution >= 4 is 0 Å². The molecule has 0 bridgehead atoms. The Balaban J connectivity index is 2.20. The van der Waals surface area contributed by atoms with Gasteiger partial charge in [-0.1, -0.05) is 31.2 Å². The predicted molar refractivity (Wildman–Crippen MR) is 76.1 cm³/mol. The van der Waals surface area contributed by atoms with Crippen molar-refractivity contribution < 1.29 is 0 Å². The Morgan fingerprint density at radius 1 is 1.32 bits per heavy atom. The maximum atomic E-state index is 11.6. The highest BCUT2D eigenvalue weighted by Gasteiger charge is 2.10. The van der Waals surface area contributed by atoms with Crippen LogP contribution in [-0.4, -0.2) is 16.6 Å². The molecular weight excluding hydrogens is 238 g/mol. The van der Waals surface area contributed by atoms with E-state index in [0.29, 0.717) is 6.54 Å². The zero-order valence-electron chi connectivity index (χ0n) is 11.3. The van der Waals surface area contributed by atoms with Gasteiger partial charge in [0.1, 0.15) is 0 Å². The largest absolute Gasteiger partial charge is 0.347 e. The molecule has 0 saturated carbocycles. The van der Waals surface area contributed by atoms with Gasteiger partial charge < -0.3 is 5.32 Å². The van der Waals surface area contributed by atoms with Gasteiger partial charge in [-0.25, -0.2) is 9.78 Å². The summed E-state index contributed by atoms with van der Waals surface area (Å²) in [6.07, 6.45) is 4.32. The first-order chi connectivity index (χ1) is 9.24. The molecule has 2 rings (SSSR count). The summed E-state index contributed by atoms with van der Waals surface area (Å²) in [5.74, 6) is 0. The molecule has 0 radical (unpaired) electrons. The molecule has 0 saturated heterocycles. The van der Waals surface area contributed by atoms with E-state index in [4.69, 9.17) is 0 Å². The van der Waals surface area contributed by atoms with Crippen LogP contribution >= 0.6 is 0 Å². The predicted octanol–water partition coefficient (Wildman–Crippen LogP) is 1.77. The van der Waals surface area contributed by atoms with E-state index in [2.05, 4.69) is 41.5 Å². The molecule has 1 atom stereocenters. The second-order valence-electron chi connectivity index (χ2n) is 4.49. The summed E-state index contributed by atoms with van der Waals surface area (Å²) in [5, 5.41) is 3.24. The molecule has 1 heterocycles. The first kappa shape index (κ1) is 13.5. The van der Waals surface area contributed by atoms with Crippen LogP contribution in [0.2, 0.25) is 0 Å². The van der Waals surface area contributed by atoms with E-state index in [1.54, 1.807) is 16.8 Å². The van der Waals surface area contributed by atoms with Crippen LogP contribution in [0.15, 0.2) is 47.5 Å². The molecule has 100 valence electrons. The highest BCUT2D eigenvalue weighted by molar-refractivity contribution is 5.25. The van der Waals surface area contributed by atoms with Gasteiger partial charge in [0.25, 0.3) is 0 Å². The van der Waals surface area contributed by atoms with E-state index in [9.17, 15) is 4.79 Å². The molecule has 0 aliphatic heterocycles. The fourth-order valence-corrected chi connectivity index (χ4v) is 2.07. The monoisotopic (exact) mass is 257 g/mol. The summed E-state index contributed by atoms with van der Waals surface area (Å²) < 4.78 is 1.62. The Bertz CT molecular complexity index is 574. The lowest BCUT2D eigenvalue weighted by Gasteiger charge is -2.18. The van der Waals surface area contributed by atoms with Gasteiger partial charge in [0.2, 0.25) is 0 Å². The quantitative estimate of drug-likeness (QED) is 0.888. The Morgan fingerprint density at radius 3 is 2.63 bits per heavy atom. The average molecular weight is 257 g/mol. The van der Waals surface area contributed by atoms with Crippen LogP contribution in [0.4, 0.5) is 0 Å². The number of nitrogens with zero attached hydrogens (tertiary/aromatic N) is 2. The lowest BCUT2D eigenvalue weighted by molar-refractivity contribution is 0.485. The van der Waals surface area contributed by atoms with Crippen molar-refractivity contribution in [3.8, 4) is 0 Å². The van der Waals surface area contributed by atoms with Crippen LogP contribution in [-0.2, 0) is 13.0 Å². The van der Waals surface area contributed by atoms with Gasteiger partial charge >= 0.3 is 5.69 Å². The Morgan fingerprint density at radius 2 is 2.05 bits per heavy atom. The van der Waals surface area contributed by atoms with Crippen molar-refractivity contribution in [2.45, 2.75) is 25.9 Å². The van der Waals surface area contributed by atoms with Crippen molar-refractivity contribution in [2.75, 3.05) is 7.05 Å². The average Bonchev–Trinajstić information content (AvgIpc) is 2.47. The maximum Gasteiger partial charge on any atom is 0.347 e. The van der Waals surface area contributed by atoms with Gasteiger partial charge in [-0.3, -0.25) is 4.57 Å². The number of likely N-dealkylation sites (N-methyl/N-ethyl adjacent to an activating group) is 1. The second kappa shape index (κ2) is 6.29. The number of aryl methyl sites for hydroxylation is 1. The molecule has 1 N–H and O–H groups in total. The van der Waals surface area contributed by atoms with Crippen molar-refractivity contribution in [3.63, 3.8) is 0 Å². The van der Waals surface area contributed by atoms with Gasteiger partial charge in [0, 0.05) is 18.9 Å². The summed E-state index contributed by atoms with van der Waals surface area (Å²) in [4.78, 5) is 15.4. The van der Waals surface area contributed by atoms with Gasteiger partial charge in [0.15, 0.2) is 0 Å². The van der Waals surface area contributed by atoms with Gasteiger partial charge in [-0.05, 0) is 30.7 Å². The first-order valence-corrected chi connectivity index (χ1v) is 6.52. The third-order valence-corrected chi connectivity index (χ3v) is 3.30. The van der Waals surface area contributed by atoms with Crippen LogP contribution in [0.1, 0.15) is 24.1 Å². The molecular formula is C15H19N3O. The van der Waals surface area contributed by atoms with Crippen LogP contribution in [0.25, 0.3) is 0 Å². The molecule has 0 spiro atoms. The van der Waals surface area contributed by atoms with Crippen molar-refractivity contribution in [1.29, 1.82) is 0 Å². The lowest BCUT2D eigenvalue weighted by Crippen LogP contribution is -2.29. The molecule has 0 aliphatic rings. The fraction of sp³-hybridized carbons (Fsp3) is 0.333. The van der Waals surface area contributed by atoms with Crippen LogP contribution in [0.3, 0.4) is 0 Å². The van der Waals surface area contributed by atoms with E-state index in [-0.39, 0.29) is 11.7 Å². The van der Waals surface area contributed by atoms with Crippen molar-refractivity contribution in [1.82, 2.24) is 14.9 Å². The fourth-order valence-electron chi connectivity index (χ4n) is 2.07. The lowest BCUT2D eigenvalue weighted by atomic mass is 10.0. The van der Waals surface area contributed by atoms with Gasteiger partial charge in [-0.2, -0.15) is 0 Å². The second-order valence-corrected chi connectivity index (χ2v) is 4.49. The smallest absolute Gasteiger partial charge is 0.312 e. The molecule has 4 nitrogen and oxygen atoms in total.